The summed E-state index contributed by atoms with van der Waals surface area (Å²) in [7, 11) is 1.87. The molecule has 1 aromatic carbocycles. The Kier molecular flexibility index (Phi) is 4.20. The highest BCUT2D eigenvalue weighted by atomic mass is 35.5. The molecule has 3 heterocycles. The van der Waals surface area contributed by atoms with Crippen molar-refractivity contribution in [2.45, 2.75) is 31.5 Å². The number of carbonyl (C=O) groups is 1. The highest BCUT2D eigenvalue weighted by Gasteiger charge is 2.43. The predicted molar refractivity (Wildman–Crippen MR) is 118 cm³/mol. The Morgan fingerprint density at radius 1 is 1.34 bits per heavy atom. The number of pyridine rings is 1. The summed E-state index contributed by atoms with van der Waals surface area (Å²) in [6.07, 6.45) is 6.27. The Morgan fingerprint density at radius 3 is 2.84 bits per heavy atom. The fourth-order valence-corrected chi connectivity index (χ4v) is 4.51. The smallest absolute Gasteiger partial charge is 0.231 e. The number of benzene rings is 1. The van der Waals surface area contributed by atoms with Crippen LogP contribution in [-0.2, 0) is 4.79 Å². The maximum absolute atomic E-state index is 15.4. The maximum Gasteiger partial charge on any atom is 0.231 e. The summed E-state index contributed by atoms with van der Waals surface area (Å²) in [6.45, 7) is 0. The topological polar surface area (TPSA) is 78.3 Å². The molecule has 10 heteroatoms. The molecule has 32 heavy (non-hydrogen) atoms. The number of anilines is 2. The number of carbonyl (C=O) groups excluding carboxylic acids is 1. The summed E-state index contributed by atoms with van der Waals surface area (Å²) in [5.41, 5.74) is 2.81. The van der Waals surface area contributed by atoms with E-state index in [4.69, 9.17) is 11.6 Å². The number of rotatable bonds is 5. The van der Waals surface area contributed by atoms with Crippen molar-refractivity contribution in [3.63, 3.8) is 0 Å². The number of fused-ring (bicyclic) bond motifs is 2. The van der Waals surface area contributed by atoms with Crippen molar-refractivity contribution in [2.24, 2.45) is 5.92 Å². The van der Waals surface area contributed by atoms with Crippen LogP contribution >= 0.6 is 11.6 Å². The Morgan fingerprint density at radius 2 is 2.12 bits per heavy atom. The monoisotopic (exact) mass is 456 g/mol. The molecule has 2 atom stereocenters. The van der Waals surface area contributed by atoms with E-state index in [2.05, 4.69) is 20.5 Å². The van der Waals surface area contributed by atoms with Crippen LogP contribution in [0.2, 0.25) is 5.02 Å². The van der Waals surface area contributed by atoms with Gasteiger partial charge < -0.3 is 14.6 Å². The van der Waals surface area contributed by atoms with Crippen LogP contribution in [0.15, 0.2) is 30.7 Å². The molecule has 0 radical (unpaired) electrons. The Labute approximate surface area is 186 Å². The molecule has 2 N–H and O–H groups in total. The number of hydrogen-bond acceptors (Lipinski definition) is 4. The van der Waals surface area contributed by atoms with Crippen LogP contribution in [0, 0.1) is 11.7 Å². The van der Waals surface area contributed by atoms with Crippen LogP contribution < -0.4 is 10.2 Å². The number of nitrogens with zero attached hydrogens (tertiary/aromatic N) is 4. The van der Waals surface area contributed by atoms with Gasteiger partial charge in [-0.1, -0.05) is 11.6 Å². The lowest BCUT2D eigenvalue weighted by Gasteiger charge is -2.22. The molecule has 4 aromatic rings. The van der Waals surface area contributed by atoms with Crippen molar-refractivity contribution < 1.29 is 13.6 Å². The molecular weight excluding hydrogens is 438 g/mol. The Bertz CT molecular complexity index is 1390. The van der Waals surface area contributed by atoms with Crippen molar-refractivity contribution >= 4 is 45.6 Å². The van der Waals surface area contributed by atoms with Crippen LogP contribution in [-0.4, -0.2) is 44.8 Å². The maximum atomic E-state index is 15.4. The number of imidazole rings is 1. The molecule has 2 aliphatic rings. The zero-order valence-electron chi connectivity index (χ0n) is 17.1. The van der Waals surface area contributed by atoms with Gasteiger partial charge in [-0.25, -0.2) is 13.8 Å². The van der Waals surface area contributed by atoms with Gasteiger partial charge in [-0.15, -0.1) is 0 Å². The van der Waals surface area contributed by atoms with E-state index in [9.17, 15) is 9.18 Å². The van der Waals surface area contributed by atoms with Gasteiger partial charge in [0.15, 0.2) is 11.6 Å². The largest absolute Gasteiger partial charge is 0.367 e. The van der Waals surface area contributed by atoms with Crippen molar-refractivity contribution in [3.05, 3.63) is 41.6 Å². The first-order chi connectivity index (χ1) is 15.4. The number of alkyl halides is 1. The highest BCUT2D eigenvalue weighted by molar-refractivity contribution is 6.36. The first-order valence-electron chi connectivity index (χ1n) is 10.4. The molecule has 2 aliphatic carbocycles. The molecule has 0 spiro atoms. The molecule has 0 bridgehead atoms. The summed E-state index contributed by atoms with van der Waals surface area (Å²) >= 11 is 6.56. The summed E-state index contributed by atoms with van der Waals surface area (Å²) < 4.78 is 30.3. The van der Waals surface area contributed by atoms with E-state index in [1.54, 1.807) is 35.1 Å². The van der Waals surface area contributed by atoms with Crippen LogP contribution in [0.25, 0.3) is 27.7 Å². The summed E-state index contributed by atoms with van der Waals surface area (Å²) in [4.78, 5) is 18.3. The summed E-state index contributed by atoms with van der Waals surface area (Å²) in [5, 5.41) is 10.5. The molecule has 3 aromatic heterocycles. The average molecular weight is 457 g/mol. The van der Waals surface area contributed by atoms with Crippen molar-refractivity contribution in [3.8, 4) is 11.1 Å². The second kappa shape index (κ2) is 6.90. The normalized spacial score (nSPS) is 20.1. The third-order valence-corrected chi connectivity index (χ3v) is 6.61. The standard InChI is InChI=1S/C22H19ClF2N6O/c1-30(11-3-4-11)21-19(25)18(23)17(13-7-26-29-20(13)21)10-2-5-16-27-15(9-31(16)8-10)28-22(32)12-6-14(12)24/h2,5,7-9,11-12,14H,3-4,6H2,1H3,(H,26,29)(H,28,32)/t12-,14+/m1/s1. The van der Waals surface area contributed by atoms with E-state index in [-0.39, 0.29) is 17.4 Å². The number of amides is 1. The van der Waals surface area contributed by atoms with Crippen LogP contribution in [0.5, 0.6) is 0 Å². The summed E-state index contributed by atoms with van der Waals surface area (Å²) in [6, 6.07) is 3.85. The minimum atomic E-state index is -1.07. The van der Waals surface area contributed by atoms with E-state index in [1.807, 2.05) is 11.9 Å². The second-order valence-electron chi connectivity index (χ2n) is 8.51. The molecule has 0 aliphatic heterocycles. The van der Waals surface area contributed by atoms with Crippen molar-refractivity contribution in [2.75, 3.05) is 17.3 Å². The molecule has 6 rings (SSSR count). The zero-order chi connectivity index (χ0) is 22.1. The van der Waals surface area contributed by atoms with E-state index in [0.29, 0.717) is 39.8 Å². The van der Waals surface area contributed by atoms with Gasteiger partial charge in [0.05, 0.1) is 28.9 Å². The Hall–Kier alpha value is -3.20. The van der Waals surface area contributed by atoms with Gasteiger partial charge in [0, 0.05) is 35.8 Å². The first kappa shape index (κ1) is 19.5. The SMILES string of the molecule is CN(c1c(F)c(Cl)c(-c2ccc3nc(NC(=O)[C@@H]4C[C@@H]4F)cn3c2)c2cn[nH]c12)C1CC1. The number of H-pyrrole nitrogens is 1. The van der Waals surface area contributed by atoms with Crippen molar-refractivity contribution in [1.82, 2.24) is 19.6 Å². The van der Waals surface area contributed by atoms with Gasteiger partial charge in [0.1, 0.15) is 17.5 Å². The van der Waals surface area contributed by atoms with E-state index < -0.39 is 17.9 Å². The molecule has 7 nitrogen and oxygen atoms in total. The van der Waals surface area contributed by atoms with Gasteiger partial charge in [-0.05, 0) is 31.4 Å². The molecule has 0 unspecified atom stereocenters. The number of nitrogens with one attached hydrogen (secondary N) is 2. The van der Waals surface area contributed by atoms with Gasteiger partial charge in [0.2, 0.25) is 5.91 Å². The first-order valence-corrected chi connectivity index (χ1v) is 10.8. The molecule has 2 fully saturated rings. The molecule has 164 valence electrons. The lowest BCUT2D eigenvalue weighted by Crippen LogP contribution is -2.21. The highest BCUT2D eigenvalue weighted by Crippen LogP contribution is 2.44. The predicted octanol–water partition coefficient (Wildman–Crippen LogP) is 4.57. The number of halogens is 3. The zero-order valence-corrected chi connectivity index (χ0v) is 17.8. The third kappa shape index (κ3) is 3.02. The molecule has 1 amide bonds. The number of aromatic amines is 1. The molecular formula is C22H19ClF2N6O. The van der Waals surface area contributed by atoms with Crippen LogP contribution in [0.3, 0.4) is 0 Å². The van der Waals surface area contributed by atoms with E-state index in [0.717, 1.165) is 18.2 Å². The number of aromatic nitrogens is 4. The molecule has 2 saturated carbocycles. The van der Waals surface area contributed by atoms with Crippen LogP contribution in [0.4, 0.5) is 20.3 Å². The van der Waals surface area contributed by atoms with Gasteiger partial charge in [0.25, 0.3) is 0 Å². The average Bonchev–Trinajstić information content (AvgIpc) is 3.66. The van der Waals surface area contributed by atoms with E-state index >= 15 is 4.39 Å². The van der Waals surface area contributed by atoms with Crippen molar-refractivity contribution in [1.29, 1.82) is 0 Å². The Balaban J connectivity index is 1.42. The fourth-order valence-electron chi connectivity index (χ4n) is 4.21. The lowest BCUT2D eigenvalue weighted by molar-refractivity contribution is -0.117. The van der Waals surface area contributed by atoms with Gasteiger partial charge >= 0.3 is 0 Å². The lowest BCUT2D eigenvalue weighted by atomic mass is 10.0. The fraction of sp³-hybridized carbons (Fsp3) is 0.318. The number of hydrogen-bond donors (Lipinski definition) is 2. The van der Waals surface area contributed by atoms with Gasteiger partial charge in [-0.2, -0.15) is 5.10 Å². The van der Waals surface area contributed by atoms with Gasteiger partial charge in [-0.3, -0.25) is 9.89 Å². The minimum Gasteiger partial charge on any atom is -0.367 e. The minimum absolute atomic E-state index is 0.0251. The third-order valence-electron chi connectivity index (χ3n) is 6.25. The second-order valence-corrected chi connectivity index (χ2v) is 8.89. The quantitative estimate of drug-likeness (QED) is 0.461. The van der Waals surface area contributed by atoms with Crippen LogP contribution in [0.1, 0.15) is 19.3 Å². The van der Waals surface area contributed by atoms with E-state index in [1.165, 1.54) is 0 Å². The summed E-state index contributed by atoms with van der Waals surface area (Å²) in [5.74, 6) is -1.13. The molecule has 0 saturated heterocycles.